The van der Waals surface area contributed by atoms with E-state index < -0.39 is 0 Å². The highest BCUT2D eigenvalue weighted by Gasteiger charge is 2.14. The molecule has 3 N–H and O–H groups in total. The molecule has 0 spiro atoms. The van der Waals surface area contributed by atoms with Crippen LogP contribution in [0.25, 0.3) is 0 Å². The van der Waals surface area contributed by atoms with Crippen LogP contribution in [0.3, 0.4) is 0 Å². The predicted molar refractivity (Wildman–Crippen MR) is 61.1 cm³/mol. The van der Waals surface area contributed by atoms with E-state index in [0.29, 0.717) is 22.9 Å². The summed E-state index contributed by atoms with van der Waals surface area (Å²) < 4.78 is 13.5. The molecule has 1 aromatic carbocycles. The lowest BCUT2D eigenvalue weighted by molar-refractivity contribution is 0.399. The van der Waals surface area contributed by atoms with Gasteiger partial charge in [-0.25, -0.2) is 4.39 Å². The molecule has 1 rings (SSSR count). The molecule has 1 atom stereocenters. The minimum absolute atomic E-state index is 0.0701. The standard InChI is InChI=1S/C11H16ClFN2/c1-7(2)11(15-14)5-8-3-4-9(12)6-10(8)13/h3-4,6-7,11,15H,5,14H2,1-2H3. The molecule has 0 radical (unpaired) electrons. The summed E-state index contributed by atoms with van der Waals surface area (Å²) in [5.74, 6) is 5.48. The number of rotatable bonds is 4. The lowest BCUT2D eigenvalue weighted by atomic mass is 9.97. The molecule has 0 amide bonds. The van der Waals surface area contributed by atoms with Gasteiger partial charge >= 0.3 is 0 Å². The van der Waals surface area contributed by atoms with Gasteiger partial charge in [-0.3, -0.25) is 11.3 Å². The second-order valence-corrected chi connectivity index (χ2v) is 4.39. The highest BCUT2D eigenvalue weighted by Crippen LogP contribution is 2.17. The van der Waals surface area contributed by atoms with Crippen molar-refractivity contribution in [2.24, 2.45) is 11.8 Å². The number of hydrogen-bond acceptors (Lipinski definition) is 2. The van der Waals surface area contributed by atoms with Crippen LogP contribution < -0.4 is 11.3 Å². The summed E-state index contributed by atoms with van der Waals surface area (Å²) in [6.45, 7) is 4.08. The Morgan fingerprint density at radius 1 is 1.47 bits per heavy atom. The van der Waals surface area contributed by atoms with Gasteiger partial charge in [0.05, 0.1) is 0 Å². The van der Waals surface area contributed by atoms with Crippen molar-refractivity contribution in [2.45, 2.75) is 26.3 Å². The maximum absolute atomic E-state index is 13.5. The Bertz CT molecular complexity index is 328. The highest BCUT2D eigenvalue weighted by atomic mass is 35.5. The molecular weight excluding hydrogens is 215 g/mol. The van der Waals surface area contributed by atoms with Gasteiger partial charge in [0.15, 0.2) is 0 Å². The number of hydrazine groups is 1. The van der Waals surface area contributed by atoms with Crippen molar-refractivity contribution in [3.8, 4) is 0 Å². The van der Waals surface area contributed by atoms with E-state index in [-0.39, 0.29) is 11.9 Å². The number of nitrogens with two attached hydrogens (primary N) is 1. The average Bonchev–Trinajstić information content (AvgIpc) is 2.16. The van der Waals surface area contributed by atoms with E-state index in [1.54, 1.807) is 12.1 Å². The van der Waals surface area contributed by atoms with Gasteiger partial charge in [-0.1, -0.05) is 31.5 Å². The van der Waals surface area contributed by atoms with E-state index in [2.05, 4.69) is 5.43 Å². The van der Waals surface area contributed by atoms with Crippen molar-refractivity contribution in [3.63, 3.8) is 0 Å². The third-order valence-electron chi connectivity index (χ3n) is 2.47. The molecule has 0 saturated heterocycles. The number of halogens is 2. The van der Waals surface area contributed by atoms with Crippen molar-refractivity contribution in [1.82, 2.24) is 5.43 Å². The molecular formula is C11H16ClFN2. The van der Waals surface area contributed by atoms with Gasteiger partial charge in [0.25, 0.3) is 0 Å². The summed E-state index contributed by atoms with van der Waals surface area (Å²) in [5, 5.41) is 0.415. The zero-order chi connectivity index (χ0) is 11.4. The number of hydrogen-bond donors (Lipinski definition) is 2. The first kappa shape index (κ1) is 12.4. The molecule has 4 heteroatoms. The first-order valence-electron chi connectivity index (χ1n) is 4.94. The summed E-state index contributed by atoms with van der Waals surface area (Å²) in [6.07, 6.45) is 0.567. The molecule has 0 aliphatic rings. The van der Waals surface area contributed by atoms with E-state index in [0.717, 1.165) is 0 Å². The predicted octanol–water partition coefficient (Wildman–Crippen LogP) is 2.51. The quantitative estimate of drug-likeness (QED) is 0.616. The van der Waals surface area contributed by atoms with Gasteiger partial charge in [-0.15, -0.1) is 0 Å². The summed E-state index contributed by atoms with van der Waals surface area (Å²) in [5.41, 5.74) is 3.33. The summed E-state index contributed by atoms with van der Waals surface area (Å²) >= 11 is 5.67. The number of nitrogens with one attached hydrogen (secondary N) is 1. The smallest absolute Gasteiger partial charge is 0.127 e. The Morgan fingerprint density at radius 2 is 2.13 bits per heavy atom. The molecule has 0 aromatic heterocycles. The zero-order valence-electron chi connectivity index (χ0n) is 8.93. The van der Waals surface area contributed by atoms with Crippen LogP contribution in [0.1, 0.15) is 19.4 Å². The molecule has 1 aromatic rings. The Kier molecular flexibility index (Phi) is 4.51. The fourth-order valence-corrected chi connectivity index (χ4v) is 1.57. The number of benzene rings is 1. The van der Waals surface area contributed by atoms with E-state index in [4.69, 9.17) is 17.4 Å². The molecule has 0 bridgehead atoms. The second kappa shape index (κ2) is 5.45. The van der Waals surface area contributed by atoms with Crippen LogP contribution in [0.2, 0.25) is 5.02 Å². The van der Waals surface area contributed by atoms with Crippen LogP contribution in [0, 0.1) is 11.7 Å². The van der Waals surface area contributed by atoms with Crippen LogP contribution >= 0.6 is 11.6 Å². The molecule has 84 valence electrons. The Labute approximate surface area is 94.6 Å². The van der Waals surface area contributed by atoms with Crippen molar-refractivity contribution in [1.29, 1.82) is 0 Å². The summed E-state index contributed by atoms with van der Waals surface area (Å²) in [4.78, 5) is 0. The van der Waals surface area contributed by atoms with Gasteiger partial charge in [0.2, 0.25) is 0 Å². The lowest BCUT2D eigenvalue weighted by Crippen LogP contribution is -2.40. The molecule has 0 aliphatic heterocycles. The van der Waals surface area contributed by atoms with Crippen LogP contribution in [0.4, 0.5) is 4.39 Å². The lowest BCUT2D eigenvalue weighted by Gasteiger charge is -2.20. The van der Waals surface area contributed by atoms with Crippen molar-refractivity contribution < 1.29 is 4.39 Å². The molecule has 15 heavy (non-hydrogen) atoms. The fourth-order valence-electron chi connectivity index (χ4n) is 1.41. The van der Waals surface area contributed by atoms with Crippen LogP contribution in [0.15, 0.2) is 18.2 Å². The molecule has 2 nitrogen and oxygen atoms in total. The maximum Gasteiger partial charge on any atom is 0.127 e. The van der Waals surface area contributed by atoms with Crippen LogP contribution in [-0.4, -0.2) is 6.04 Å². The molecule has 1 unspecified atom stereocenters. The maximum atomic E-state index is 13.5. The highest BCUT2D eigenvalue weighted by molar-refractivity contribution is 6.30. The Morgan fingerprint density at radius 3 is 2.60 bits per heavy atom. The normalized spacial score (nSPS) is 13.2. The molecule has 0 fully saturated rings. The zero-order valence-corrected chi connectivity index (χ0v) is 9.68. The summed E-state index contributed by atoms with van der Waals surface area (Å²) in [7, 11) is 0. The van der Waals surface area contributed by atoms with Crippen molar-refractivity contribution in [3.05, 3.63) is 34.6 Å². The van der Waals surface area contributed by atoms with E-state index in [1.165, 1.54) is 6.07 Å². The minimum Gasteiger partial charge on any atom is -0.271 e. The van der Waals surface area contributed by atoms with E-state index in [1.807, 2.05) is 13.8 Å². The second-order valence-electron chi connectivity index (χ2n) is 3.96. The van der Waals surface area contributed by atoms with E-state index >= 15 is 0 Å². The van der Waals surface area contributed by atoms with Gasteiger partial charge in [0, 0.05) is 11.1 Å². The third kappa shape index (κ3) is 3.45. The topological polar surface area (TPSA) is 38.0 Å². The van der Waals surface area contributed by atoms with Gasteiger partial charge in [-0.05, 0) is 30.0 Å². The van der Waals surface area contributed by atoms with E-state index in [9.17, 15) is 4.39 Å². The summed E-state index contributed by atoms with van der Waals surface area (Å²) in [6, 6.07) is 4.78. The molecule has 0 saturated carbocycles. The molecule has 0 aliphatic carbocycles. The van der Waals surface area contributed by atoms with Gasteiger partial charge in [0.1, 0.15) is 5.82 Å². The van der Waals surface area contributed by atoms with Crippen LogP contribution in [-0.2, 0) is 6.42 Å². The van der Waals surface area contributed by atoms with Crippen molar-refractivity contribution in [2.75, 3.05) is 0 Å². The Hall–Kier alpha value is -0.640. The molecule has 0 heterocycles. The minimum atomic E-state index is -0.275. The SMILES string of the molecule is CC(C)C(Cc1ccc(Cl)cc1F)NN. The average molecular weight is 231 g/mol. The first-order valence-corrected chi connectivity index (χ1v) is 5.32. The van der Waals surface area contributed by atoms with Crippen molar-refractivity contribution >= 4 is 11.6 Å². The third-order valence-corrected chi connectivity index (χ3v) is 2.71. The van der Waals surface area contributed by atoms with Gasteiger partial charge < -0.3 is 0 Å². The fraction of sp³-hybridized carbons (Fsp3) is 0.455. The first-order chi connectivity index (χ1) is 7.04. The largest absolute Gasteiger partial charge is 0.271 e. The Balaban J connectivity index is 2.79. The van der Waals surface area contributed by atoms with Crippen LogP contribution in [0.5, 0.6) is 0 Å². The van der Waals surface area contributed by atoms with Gasteiger partial charge in [-0.2, -0.15) is 0 Å². The monoisotopic (exact) mass is 230 g/mol.